The van der Waals surface area contributed by atoms with Crippen LogP contribution in [-0.4, -0.2) is 32.8 Å². The fourth-order valence-electron chi connectivity index (χ4n) is 2.43. The Balaban J connectivity index is 1.57. The largest absolute Gasteiger partial charge is 0.337 e. The molecule has 0 bridgehead atoms. The molecule has 0 unspecified atom stereocenters. The summed E-state index contributed by atoms with van der Waals surface area (Å²) in [5.41, 5.74) is 1.04. The van der Waals surface area contributed by atoms with E-state index in [0.717, 1.165) is 19.4 Å². The zero-order valence-electron chi connectivity index (χ0n) is 11.0. The first-order chi connectivity index (χ1) is 9.77. The van der Waals surface area contributed by atoms with Crippen molar-refractivity contribution in [3.05, 3.63) is 54.1 Å². The van der Waals surface area contributed by atoms with Crippen LogP contribution in [0.25, 0.3) is 0 Å². The third kappa shape index (κ3) is 2.22. The average molecular weight is 269 g/mol. The van der Waals surface area contributed by atoms with Gasteiger partial charge < -0.3 is 4.57 Å². The van der Waals surface area contributed by atoms with Crippen molar-refractivity contribution >= 4 is 11.8 Å². The minimum atomic E-state index is -0.173. The molecule has 0 fully saturated rings. The van der Waals surface area contributed by atoms with E-state index >= 15 is 0 Å². The SMILES string of the molecule is O=C1c2ccccc2C(=O)N1CCCCn1ccnc1. The van der Waals surface area contributed by atoms with Gasteiger partial charge in [-0.25, -0.2) is 4.98 Å². The Morgan fingerprint density at radius 3 is 2.20 bits per heavy atom. The van der Waals surface area contributed by atoms with Crippen molar-refractivity contribution in [2.45, 2.75) is 19.4 Å². The number of amides is 2. The van der Waals surface area contributed by atoms with Crippen LogP contribution in [0.5, 0.6) is 0 Å². The zero-order chi connectivity index (χ0) is 13.9. The second kappa shape index (κ2) is 5.28. The number of carbonyl (C=O) groups is 2. The van der Waals surface area contributed by atoms with Crippen molar-refractivity contribution in [2.75, 3.05) is 6.54 Å². The minimum Gasteiger partial charge on any atom is -0.337 e. The first kappa shape index (κ1) is 12.6. The summed E-state index contributed by atoms with van der Waals surface area (Å²) < 4.78 is 1.99. The quantitative estimate of drug-likeness (QED) is 0.616. The van der Waals surface area contributed by atoms with Gasteiger partial charge in [0.25, 0.3) is 11.8 Å². The Kier molecular flexibility index (Phi) is 3.33. The molecule has 0 aliphatic carbocycles. The van der Waals surface area contributed by atoms with Crippen LogP contribution in [0.1, 0.15) is 33.6 Å². The Labute approximate surface area is 116 Å². The van der Waals surface area contributed by atoms with Crippen molar-refractivity contribution in [2.24, 2.45) is 0 Å². The number of aromatic nitrogens is 2. The van der Waals surface area contributed by atoms with E-state index in [4.69, 9.17) is 0 Å². The number of nitrogens with zero attached hydrogens (tertiary/aromatic N) is 3. The summed E-state index contributed by atoms with van der Waals surface area (Å²) in [5.74, 6) is -0.346. The van der Waals surface area contributed by atoms with Gasteiger partial charge in [-0.3, -0.25) is 14.5 Å². The van der Waals surface area contributed by atoms with Crippen molar-refractivity contribution in [3.8, 4) is 0 Å². The molecular formula is C15H15N3O2. The van der Waals surface area contributed by atoms with Gasteiger partial charge in [0.2, 0.25) is 0 Å². The maximum atomic E-state index is 12.1. The first-order valence-corrected chi connectivity index (χ1v) is 6.68. The standard InChI is InChI=1S/C15H15N3O2/c19-14-12-5-1-2-6-13(12)15(20)18(14)9-4-3-8-17-10-7-16-11-17/h1-2,5-7,10-11H,3-4,8-9H2. The van der Waals surface area contributed by atoms with Gasteiger partial charge in [0, 0.05) is 25.5 Å². The van der Waals surface area contributed by atoms with Crippen LogP contribution >= 0.6 is 0 Å². The van der Waals surface area contributed by atoms with Gasteiger partial charge in [0.05, 0.1) is 17.5 Å². The van der Waals surface area contributed by atoms with Gasteiger partial charge in [-0.05, 0) is 25.0 Å². The van der Waals surface area contributed by atoms with Crippen molar-refractivity contribution in [3.63, 3.8) is 0 Å². The topological polar surface area (TPSA) is 55.2 Å². The van der Waals surface area contributed by atoms with Crippen LogP contribution in [0.2, 0.25) is 0 Å². The molecule has 20 heavy (non-hydrogen) atoms. The van der Waals surface area contributed by atoms with E-state index < -0.39 is 0 Å². The van der Waals surface area contributed by atoms with Crippen molar-refractivity contribution < 1.29 is 9.59 Å². The van der Waals surface area contributed by atoms with Crippen LogP contribution in [0.3, 0.4) is 0 Å². The number of hydrogen-bond acceptors (Lipinski definition) is 3. The molecule has 0 spiro atoms. The van der Waals surface area contributed by atoms with E-state index in [9.17, 15) is 9.59 Å². The normalized spacial score (nSPS) is 13.9. The number of fused-ring (bicyclic) bond motifs is 1. The molecule has 2 aromatic rings. The van der Waals surface area contributed by atoms with E-state index in [-0.39, 0.29) is 11.8 Å². The molecule has 0 saturated heterocycles. The summed E-state index contributed by atoms with van der Waals surface area (Å²) in [5, 5.41) is 0. The third-order valence-electron chi connectivity index (χ3n) is 3.49. The molecule has 0 radical (unpaired) electrons. The minimum absolute atomic E-state index is 0.173. The predicted octanol–water partition coefficient (Wildman–Crippen LogP) is 1.96. The summed E-state index contributed by atoms with van der Waals surface area (Å²) in [7, 11) is 0. The summed E-state index contributed by atoms with van der Waals surface area (Å²) in [6, 6.07) is 6.99. The van der Waals surface area contributed by atoms with Gasteiger partial charge in [0.15, 0.2) is 0 Å². The number of imide groups is 1. The number of hydrogen-bond donors (Lipinski definition) is 0. The molecule has 0 atom stereocenters. The molecule has 0 saturated carbocycles. The van der Waals surface area contributed by atoms with Gasteiger partial charge in [0.1, 0.15) is 0 Å². The smallest absolute Gasteiger partial charge is 0.261 e. The highest BCUT2D eigenvalue weighted by Gasteiger charge is 2.34. The van der Waals surface area contributed by atoms with E-state index in [1.807, 2.05) is 10.8 Å². The Bertz CT molecular complexity index is 599. The molecular weight excluding hydrogens is 254 g/mol. The van der Waals surface area contributed by atoms with Gasteiger partial charge >= 0.3 is 0 Å². The van der Waals surface area contributed by atoms with Crippen molar-refractivity contribution in [1.82, 2.24) is 14.5 Å². The van der Waals surface area contributed by atoms with E-state index in [0.29, 0.717) is 17.7 Å². The summed E-state index contributed by atoms with van der Waals surface area (Å²) in [6.07, 6.45) is 7.11. The van der Waals surface area contributed by atoms with Gasteiger partial charge in [-0.1, -0.05) is 12.1 Å². The van der Waals surface area contributed by atoms with E-state index in [2.05, 4.69) is 4.98 Å². The third-order valence-corrected chi connectivity index (χ3v) is 3.49. The lowest BCUT2D eigenvalue weighted by Crippen LogP contribution is -2.30. The molecule has 1 aromatic carbocycles. The predicted molar refractivity (Wildman–Crippen MR) is 73.3 cm³/mol. The van der Waals surface area contributed by atoms with Crippen LogP contribution in [-0.2, 0) is 6.54 Å². The maximum absolute atomic E-state index is 12.1. The lowest BCUT2D eigenvalue weighted by Gasteiger charge is -2.13. The zero-order valence-corrected chi connectivity index (χ0v) is 11.0. The molecule has 2 heterocycles. The molecule has 5 heteroatoms. The molecule has 1 aliphatic rings. The van der Waals surface area contributed by atoms with Crippen LogP contribution < -0.4 is 0 Å². The van der Waals surface area contributed by atoms with Gasteiger partial charge in [-0.2, -0.15) is 0 Å². The molecule has 3 rings (SSSR count). The van der Waals surface area contributed by atoms with Crippen LogP contribution in [0.15, 0.2) is 43.0 Å². The van der Waals surface area contributed by atoms with Crippen LogP contribution in [0.4, 0.5) is 0 Å². The molecule has 102 valence electrons. The highest BCUT2D eigenvalue weighted by molar-refractivity contribution is 6.21. The molecule has 5 nitrogen and oxygen atoms in total. The second-order valence-electron chi connectivity index (χ2n) is 4.82. The van der Waals surface area contributed by atoms with Crippen molar-refractivity contribution in [1.29, 1.82) is 0 Å². The fourth-order valence-corrected chi connectivity index (χ4v) is 2.43. The lowest BCUT2D eigenvalue weighted by molar-refractivity contribution is 0.0651. The number of benzene rings is 1. The maximum Gasteiger partial charge on any atom is 0.261 e. The average Bonchev–Trinajstić information content (AvgIpc) is 3.06. The van der Waals surface area contributed by atoms with Crippen LogP contribution in [0, 0.1) is 0 Å². The monoisotopic (exact) mass is 269 g/mol. The number of aryl methyl sites for hydroxylation is 1. The van der Waals surface area contributed by atoms with E-state index in [1.54, 1.807) is 36.8 Å². The molecule has 2 amide bonds. The Morgan fingerprint density at radius 1 is 0.950 bits per heavy atom. The number of imidazole rings is 1. The fraction of sp³-hybridized carbons (Fsp3) is 0.267. The summed E-state index contributed by atoms with van der Waals surface area (Å²) in [4.78, 5) is 29.6. The number of carbonyl (C=O) groups excluding carboxylic acids is 2. The summed E-state index contributed by atoms with van der Waals surface area (Å²) >= 11 is 0. The Hall–Kier alpha value is -2.43. The Morgan fingerprint density at radius 2 is 1.60 bits per heavy atom. The van der Waals surface area contributed by atoms with Gasteiger partial charge in [-0.15, -0.1) is 0 Å². The number of unbranched alkanes of at least 4 members (excludes halogenated alkanes) is 1. The van der Waals surface area contributed by atoms with E-state index in [1.165, 1.54) is 4.90 Å². The molecule has 0 N–H and O–H groups in total. The molecule has 1 aliphatic heterocycles. The highest BCUT2D eigenvalue weighted by Crippen LogP contribution is 2.22. The lowest BCUT2D eigenvalue weighted by atomic mass is 10.1. The number of rotatable bonds is 5. The first-order valence-electron chi connectivity index (χ1n) is 6.68. The highest BCUT2D eigenvalue weighted by atomic mass is 16.2. The second-order valence-corrected chi connectivity index (χ2v) is 4.82. The molecule has 1 aromatic heterocycles. The summed E-state index contributed by atoms with van der Waals surface area (Å²) in [6.45, 7) is 1.32.